The number of carbonyl (C=O) groups excluding carboxylic acids is 1. The summed E-state index contributed by atoms with van der Waals surface area (Å²) in [5.74, 6) is -0.296. The zero-order valence-electron chi connectivity index (χ0n) is 18.3. The Morgan fingerprint density at radius 2 is 1.48 bits per heavy atom. The number of fused-ring (bicyclic) bond motifs is 1. The Morgan fingerprint density at radius 3 is 2.32 bits per heavy atom. The zero-order chi connectivity index (χ0) is 21.7. The van der Waals surface area contributed by atoms with E-state index in [0.29, 0.717) is 6.42 Å². The molecule has 0 aromatic heterocycles. The lowest BCUT2D eigenvalue weighted by Crippen LogP contribution is -2.29. The van der Waals surface area contributed by atoms with Gasteiger partial charge in [-0.2, -0.15) is 0 Å². The molecule has 0 saturated heterocycles. The Hall–Kier alpha value is -2.69. The number of benzene rings is 3. The summed E-state index contributed by atoms with van der Waals surface area (Å²) < 4.78 is 0. The summed E-state index contributed by atoms with van der Waals surface area (Å²) in [6.07, 6.45) is 6.55. The average molecular weight is 419 g/mol. The van der Waals surface area contributed by atoms with E-state index in [-0.39, 0.29) is 5.91 Å². The van der Waals surface area contributed by atoms with Crippen LogP contribution in [0.4, 0.5) is 0 Å². The Bertz CT molecular complexity index is 921. The van der Waals surface area contributed by atoms with Crippen molar-refractivity contribution in [3.05, 3.63) is 83.9 Å². The van der Waals surface area contributed by atoms with Crippen molar-refractivity contribution in [3.63, 3.8) is 0 Å². The van der Waals surface area contributed by atoms with Crippen LogP contribution >= 0.6 is 0 Å². The number of aryl methyl sites for hydroxylation is 1. The van der Waals surface area contributed by atoms with Crippen LogP contribution in [0.2, 0.25) is 0 Å². The van der Waals surface area contributed by atoms with Crippen molar-refractivity contribution >= 4 is 16.7 Å². The van der Waals surface area contributed by atoms with E-state index in [1.54, 1.807) is 5.48 Å². The Labute approximate surface area is 185 Å². The second-order valence-electron chi connectivity index (χ2n) is 8.16. The Kier molecular flexibility index (Phi) is 9.55. The predicted molar refractivity (Wildman–Crippen MR) is 127 cm³/mol. The van der Waals surface area contributed by atoms with E-state index in [1.807, 2.05) is 0 Å². The molecule has 0 radical (unpaired) electrons. The van der Waals surface area contributed by atoms with Gasteiger partial charge in [0, 0.05) is 13.0 Å². The molecule has 4 nitrogen and oxygen atoms in total. The summed E-state index contributed by atoms with van der Waals surface area (Å²) in [6.45, 7) is 3.16. The van der Waals surface area contributed by atoms with Crippen molar-refractivity contribution < 1.29 is 10.0 Å². The van der Waals surface area contributed by atoms with Crippen molar-refractivity contribution in [2.24, 2.45) is 0 Å². The van der Waals surface area contributed by atoms with E-state index in [9.17, 15) is 4.79 Å². The van der Waals surface area contributed by atoms with Gasteiger partial charge in [-0.1, -0.05) is 79.2 Å². The molecule has 0 bridgehead atoms. The van der Waals surface area contributed by atoms with Gasteiger partial charge in [0.1, 0.15) is 0 Å². The first-order chi connectivity index (χ1) is 15.3. The van der Waals surface area contributed by atoms with E-state index in [4.69, 9.17) is 5.21 Å². The number of rotatable bonds is 13. The fourth-order valence-corrected chi connectivity index (χ4v) is 4.13. The molecular formula is C27H34N2O2. The molecule has 0 unspecified atom stereocenters. The van der Waals surface area contributed by atoms with Gasteiger partial charge in [0.2, 0.25) is 5.91 Å². The van der Waals surface area contributed by atoms with E-state index in [1.165, 1.54) is 21.9 Å². The maximum Gasteiger partial charge on any atom is 0.243 e. The number of hydrogen-bond acceptors (Lipinski definition) is 3. The molecule has 0 aliphatic rings. The third kappa shape index (κ3) is 7.82. The predicted octanol–water partition coefficient (Wildman–Crippen LogP) is 5.38. The molecule has 0 saturated carbocycles. The van der Waals surface area contributed by atoms with E-state index >= 15 is 0 Å². The summed E-state index contributed by atoms with van der Waals surface area (Å²) in [5, 5.41) is 11.3. The van der Waals surface area contributed by atoms with Gasteiger partial charge in [0.15, 0.2) is 0 Å². The molecular weight excluding hydrogens is 384 g/mol. The molecule has 0 aliphatic carbocycles. The minimum Gasteiger partial charge on any atom is -0.303 e. The number of nitrogens with one attached hydrogen (secondary N) is 1. The van der Waals surface area contributed by atoms with E-state index in [0.717, 1.165) is 58.2 Å². The normalized spacial score (nSPS) is 11.2. The van der Waals surface area contributed by atoms with Crippen LogP contribution < -0.4 is 5.48 Å². The molecule has 0 fully saturated rings. The van der Waals surface area contributed by atoms with Gasteiger partial charge in [-0.3, -0.25) is 10.0 Å². The zero-order valence-corrected chi connectivity index (χ0v) is 18.3. The van der Waals surface area contributed by atoms with Crippen LogP contribution in [0.3, 0.4) is 0 Å². The van der Waals surface area contributed by atoms with Crippen molar-refractivity contribution in [2.45, 2.75) is 44.9 Å². The van der Waals surface area contributed by atoms with Crippen molar-refractivity contribution in [1.29, 1.82) is 0 Å². The molecule has 31 heavy (non-hydrogen) atoms. The standard InChI is InChI=1S/C27H34N2O2/c30-27(28-31)18-5-2-8-20-29(21-10-13-23-11-3-1-4-12-23)22-19-25-16-9-15-24-14-6-7-17-26(24)25/h1,3-4,6-7,9,11-12,14-17,31H,2,5,8,10,13,18-22H2,(H,28,30). The highest BCUT2D eigenvalue weighted by Crippen LogP contribution is 2.19. The smallest absolute Gasteiger partial charge is 0.243 e. The monoisotopic (exact) mass is 418 g/mol. The summed E-state index contributed by atoms with van der Waals surface area (Å²) >= 11 is 0. The van der Waals surface area contributed by atoms with Gasteiger partial charge < -0.3 is 4.90 Å². The highest BCUT2D eigenvalue weighted by atomic mass is 16.5. The minimum absolute atomic E-state index is 0.296. The molecule has 0 aliphatic heterocycles. The van der Waals surface area contributed by atoms with Gasteiger partial charge in [-0.05, 0) is 67.1 Å². The van der Waals surface area contributed by atoms with Gasteiger partial charge in [0.05, 0.1) is 0 Å². The molecule has 0 heterocycles. The topological polar surface area (TPSA) is 52.6 Å². The van der Waals surface area contributed by atoms with Crippen LogP contribution in [-0.4, -0.2) is 35.6 Å². The third-order valence-electron chi connectivity index (χ3n) is 5.86. The highest BCUT2D eigenvalue weighted by molar-refractivity contribution is 5.85. The molecule has 0 atom stereocenters. The second-order valence-corrected chi connectivity index (χ2v) is 8.16. The number of nitrogens with zero attached hydrogens (tertiary/aromatic N) is 1. The lowest BCUT2D eigenvalue weighted by atomic mass is 10.0. The van der Waals surface area contributed by atoms with Crippen LogP contribution in [-0.2, 0) is 17.6 Å². The van der Waals surface area contributed by atoms with Crippen molar-refractivity contribution in [1.82, 2.24) is 10.4 Å². The maximum atomic E-state index is 11.2. The fourth-order valence-electron chi connectivity index (χ4n) is 4.13. The van der Waals surface area contributed by atoms with Crippen LogP contribution in [0, 0.1) is 0 Å². The summed E-state index contributed by atoms with van der Waals surface area (Å²) in [5.41, 5.74) is 4.51. The molecule has 3 rings (SSSR count). The first kappa shape index (κ1) is 23.0. The van der Waals surface area contributed by atoms with Crippen molar-refractivity contribution in [2.75, 3.05) is 19.6 Å². The number of unbranched alkanes of at least 4 members (excludes halogenated alkanes) is 2. The van der Waals surface area contributed by atoms with Gasteiger partial charge in [0.25, 0.3) is 0 Å². The van der Waals surface area contributed by atoms with Crippen LogP contribution in [0.5, 0.6) is 0 Å². The molecule has 2 N–H and O–H groups in total. The number of carbonyl (C=O) groups is 1. The summed E-state index contributed by atoms with van der Waals surface area (Å²) in [7, 11) is 0. The average Bonchev–Trinajstić information content (AvgIpc) is 2.82. The van der Waals surface area contributed by atoms with Gasteiger partial charge in [-0.15, -0.1) is 0 Å². The van der Waals surface area contributed by atoms with Gasteiger partial charge in [-0.25, -0.2) is 5.48 Å². The van der Waals surface area contributed by atoms with Crippen molar-refractivity contribution in [3.8, 4) is 0 Å². The number of amides is 1. The number of hydrogen-bond donors (Lipinski definition) is 2. The number of hydroxylamine groups is 1. The van der Waals surface area contributed by atoms with Gasteiger partial charge >= 0.3 is 0 Å². The third-order valence-corrected chi connectivity index (χ3v) is 5.86. The molecule has 4 heteroatoms. The molecule has 3 aromatic carbocycles. The minimum atomic E-state index is -0.296. The van der Waals surface area contributed by atoms with E-state index in [2.05, 4.69) is 77.7 Å². The second kappa shape index (κ2) is 12.9. The maximum absolute atomic E-state index is 11.2. The SMILES string of the molecule is O=C(CCCCCN(CCCc1ccccc1)CCc1cccc2ccccc12)NO. The first-order valence-electron chi connectivity index (χ1n) is 11.4. The quantitative estimate of drug-likeness (QED) is 0.222. The lowest BCUT2D eigenvalue weighted by Gasteiger charge is -2.23. The molecule has 3 aromatic rings. The largest absolute Gasteiger partial charge is 0.303 e. The molecule has 1 amide bonds. The van der Waals surface area contributed by atoms with E-state index < -0.39 is 0 Å². The summed E-state index contributed by atoms with van der Waals surface area (Å²) in [6, 6.07) is 25.9. The van der Waals surface area contributed by atoms with Crippen LogP contribution in [0.1, 0.15) is 43.2 Å². The molecule has 0 spiro atoms. The summed E-state index contributed by atoms with van der Waals surface area (Å²) in [4.78, 5) is 13.7. The highest BCUT2D eigenvalue weighted by Gasteiger charge is 2.08. The Morgan fingerprint density at radius 1 is 0.742 bits per heavy atom. The molecule has 164 valence electrons. The first-order valence-corrected chi connectivity index (χ1v) is 11.4. The van der Waals surface area contributed by atoms with Crippen LogP contribution in [0.25, 0.3) is 10.8 Å². The Balaban J connectivity index is 1.52. The fraction of sp³-hybridized carbons (Fsp3) is 0.370. The lowest BCUT2D eigenvalue weighted by molar-refractivity contribution is -0.129. The van der Waals surface area contributed by atoms with Crippen LogP contribution in [0.15, 0.2) is 72.8 Å².